The van der Waals surface area contributed by atoms with Gasteiger partial charge in [-0.25, -0.2) is 4.39 Å². The Morgan fingerprint density at radius 2 is 2.00 bits per heavy atom. The number of carbonyl (C=O) groups excluding carboxylic acids is 1. The normalized spacial score (nSPS) is 11.8. The minimum absolute atomic E-state index is 0.134. The van der Waals surface area contributed by atoms with Crippen LogP contribution in [0.2, 0.25) is 5.02 Å². The molecule has 0 heterocycles. The van der Waals surface area contributed by atoms with Gasteiger partial charge in [-0.05, 0) is 43.7 Å². The largest absolute Gasteiger partial charge is 0.479 e. The van der Waals surface area contributed by atoms with Crippen LogP contribution >= 0.6 is 11.6 Å². The van der Waals surface area contributed by atoms with Crippen molar-refractivity contribution in [1.82, 2.24) is 0 Å². The molecule has 0 aliphatic heterocycles. The number of anilines is 1. The van der Waals surface area contributed by atoms with Crippen molar-refractivity contribution in [3.05, 3.63) is 58.9 Å². The quantitative estimate of drug-likeness (QED) is 0.919. The molecule has 0 spiro atoms. The van der Waals surface area contributed by atoms with E-state index in [2.05, 4.69) is 5.32 Å². The van der Waals surface area contributed by atoms with Gasteiger partial charge in [-0.1, -0.05) is 29.8 Å². The van der Waals surface area contributed by atoms with Gasteiger partial charge in [0.05, 0.1) is 10.7 Å². The number of nitrogens with one attached hydrogen (secondary N) is 1. The second kappa shape index (κ2) is 6.59. The number of halogens is 2. The van der Waals surface area contributed by atoms with Crippen molar-refractivity contribution in [3.63, 3.8) is 0 Å². The Balaban J connectivity index is 2.06. The van der Waals surface area contributed by atoms with Crippen molar-refractivity contribution in [2.75, 3.05) is 5.32 Å². The molecule has 2 rings (SSSR count). The van der Waals surface area contributed by atoms with Gasteiger partial charge in [0.2, 0.25) is 0 Å². The highest BCUT2D eigenvalue weighted by Crippen LogP contribution is 2.24. The second-order valence-corrected chi connectivity index (χ2v) is 5.07. The van der Waals surface area contributed by atoms with Crippen LogP contribution < -0.4 is 10.1 Å². The SMILES string of the molecule is Cc1ccc(F)c(NC(=O)C(C)Oc2ccccc2Cl)c1. The molecule has 0 radical (unpaired) electrons. The molecule has 0 fully saturated rings. The Labute approximate surface area is 127 Å². The van der Waals surface area contributed by atoms with Crippen molar-refractivity contribution in [2.24, 2.45) is 0 Å². The summed E-state index contributed by atoms with van der Waals surface area (Å²) in [7, 11) is 0. The third-order valence-corrected chi connectivity index (χ3v) is 3.20. The van der Waals surface area contributed by atoms with Crippen LogP contribution in [0, 0.1) is 12.7 Å². The summed E-state index contributed by atoms with van der Waals surface area (Å²) < 4.78 is 19.1. The number of hydrogen-bond donors (Lipinski definition) is 1. The molecule has 3 nitrogen and oxygen atoms in total. The van der Waals surface area contributed by atoms with E-state index >= 15 is 0 Å². The van der Waals surface area contributed by atoms with E-state index in [1.807, 2.05) is 6.92 Å². The van der Waals surface area contributed by atoms with Crippen LogP contribution in [0.25, 0.3) is 0 Å². The molecule has 5 heteroatoms. The summed E-state index contributed by atoms with van der Waals surface area (Å²) >= 11 is 5.96. The van der Waals surface area contributed by atoms with Crippen molar-refractivity contribution >= 4 is 23.2 Å². The van der Waals surface area contributed by atoms with Crippen LogP contribution in [0.5, 0.6) is 5.75 Å². The first kappa shape index (κ1) is 15.3. The van der Waals surface area contributed by atoms with Gasteiger partial charge < -0.3 is 10.1 Å². The predicted octanol–water partition coefficient (Wildman–Crippen LogP) is 4.19. The van der Waals surface area contributed by atoms with E-state index in [0.717, 1.165) is 5.56 Å². The first-order valence-corrected chi connectivity index (χ1v) is 6.83. The summed E-state index contributed by atoms with van der Waals surface area (Å²) in [5.41, 5.74) is 0.987. The molecule has 21 heavy (non-hydrogen) atoms. The van der Waals surface area contributed by atoms with E-state index in [4.69, 9.17) is 16.3 Å². The number of benzene rings is 2. The summed E-state index contributed by atoms with van der Waals surface area (Å²) in [5.74, 6) is -0.523. The molecule has 1 N–H and O–H groups in total. The third-order valence-electron chi connectivity index (χ3n) is 2.89. The molecular formula is C16H15ClFNO2. The van der Waals surface area contributed by atoms with Crippen molar-refractivity contribution < 1.29 is 13.9 Å². The van der Waals surface area contributed by atoms with Gasteiger partial charge in [0, 0.05) is 0 Å². The van der Waals surface area contributed by atoms with Crippen molar-refractivity contribution in [3.8, 4) is 5.75 Å². The smallest absolute Gasteiger partial charge is 0.265 e. The van der Waals surface area contributed by atoms with Gasteiger partial charge in [-0.15, -0.1) is 0 Å². The average molecular weight is 308 g/mol. The van der Waals surface area contributed by atoms with Gasteiger partial charge in [0.15, 0.2) is 6.10 Å². The van der Waals surface area contributed by atoms with Gasteiger partial charge in [0.25, 0.3) is 5.91 Å². The number of amides is 1. The van der Waals surface area contributed by atoms with Crippen molar-refractivity contribution in [2.45, 2.75) is 20.0 Å². The molecular weight excluding hydrogens is 293 g/mol. The average Bonchev–Trinajstić information content (AvgIpc) is 2.45. The summed E-state index contributed by atoms with van der Waals surface area (Å²) in [6.07, 6.45) is -0.801. The first-order chi connectivity index (χ1) is 9.97. The summed E-state index contributed by atoms with van der Waals surface area (Å²) in [4.78, 5) is 12.0. The molecule has 0 bridgehead atoms. The van der Waals surface area contributed by atoms with Crippen LogP contribution in [0.4, 0.5) is 10.1 Å². The minimum Gasteiger partial charge on any atom is -0.479 e. The maximum atomic E-state index is 13.6. The van der Waals surface area contributed by atoms with Crippen molar-refractivity contribution in [1.29, 1.82) is 0 Å². The van der Waals surface area contributed by atoms with E-state index in [0.29, 0.717) is 10.8 Å². The maximum Gasteiger partial charge on any atom is 0.265 e. The Bertz CT molecular complexity index is 660. The maximum absolute atomic E-state index is 13.6. The van der Waals surface area contributed by atoms with Gasteiger partial charge in [-0.2, -0.15) is 0 Å². The molecule has 0 aliphatic carbocycles. The minimum atomic E-state index is -0.801. The van der Waals surface area contributed by atoms with Gasteiger partial charge in [0.1, 0.15) is 11.6 Å². The zero-order valence-electron chi connectivity index (χ0n) is 11.7. The van der Waals surface area contributed by atoms with E-state index in [1.54, 1.807) is 43.3 Å². The Hall–Kier alpha value is -2.07. The first-order valence-electron chi connectivity index (χ1n) is 6.45. The zero-order valence-corrected chi connectivity index (χ0v) is 12.4. The number of hydrogen-bond acceptors (Lipinski definition) is 2. The summed E-state index contributed by atoms with van der Waals surface area (Å²) in [5, 5.41) is 2.92. The molecule has 110 valence electrons. The molecule has 1 amide bonds. The molecule has 2 aromatic carbocycles. The molecule has 0 aromatic heterocycles. The Morgan fingerprint density at radius 1 is 1.29 bits per heavy atom. The number of carbonyl (C=O) groups is 1. The molecule has 2 aromatic rings. The highest BCUT2D eigenvalue weighted by atomic mass is 35.5. The zero-order chi connectivity index (χ0) is 15.4. The lowest BCUT2D eigenvalue weighted by Gasteiger charge is -2.16. The molecule has 0 aliphatic rings. The predicted molar refractivity (Wildman–Crippen MR) is 81.3 cm³/mol. The summed E-state index contributed by atoms with van der Waals surface area (Å²) in [6.45, 7) is 3.39. The fourth-order valence-corrected chi connectivity index (χ4v) is 1.93. The fourth-order valence-electron chi connectivity index (χ4n) is 1.75. The highest BCUT2D eigenvalue weighted by Gasteiger charge is 2.17. The van der Waals surface area contributed by atoms with E-state index < -0.39 is 17.8 Å². The Kier molecular flexibility index (Phi) is 4.81. The molecule has 1 unspecified atom stereocenters. The van der Waals surface area contributed by atoms with Crippen LogP contribution in [0.3, 0.4) is 0 Å². The Morgan fingerprint density at radius 3 is 2.71 bits per heavy atom. The number of ether oxygens (including phenoxy) is 1. The number of para-hydroxylation sites is 1. The fraction of sp³-hybridized carbons (Fsp3) is 0.188. The van der Waals surface area contributed by atoms with E-state index in [9.17, 15) is 9.18 Å². The number of rotatable bonds is 4. The topological polar surface area (TPSA) is 38.3 Å². The van der Waals surface area contributed by atoms with Crippen LogP contribution in [-0.4, -0.2) is 12.0 Å². The highest BCUT2D eigenvalue weighted by molar-refractivity contribution is 6.32. The van der Waals surface area contributed by atoms with Crippen LogP contribution in [0.15, 0.2) is 42.5 Å². The molecule has 0 saturated carbocycles. The van der Waals surface area contributed by atoms with Crippen LogP contribution in [-0.2, 0) is 4.79 Å². The number of aryl methyl sites for hydroxylation is 1. The van der Waals surface area contributed by atoms with Gasteiger partial charge in [-0.3, -0.25) is 4.79 Å². The lowest BCUT2D eigenvalue weighted by molar-refractivity contribution is -0.122. The van der Waals surface area contributed by atoms with Gasteiger partial charge >= 0.3 is 0 Å². The lowest BCUT2D eigenvalue weighted by atomic mass is 10.2. The molecule has 0 saturated heterocycles. The standard InChI is InChI=1S/C16H15ClFNO2/c1-10-7-8-13(18)14(9-10)19-16(20)11(2)21-15-6-4-3-5-12(15)17/h3-9,11H,1-2H3,(H,19,20). The van der Waals surface area contributed by atoms with E-state index in [-0.39, 0.29) is 5.69 Å². The monoisotopic (exact) mass is 307 g/mol. The second-order valence-electron chi connectivity index (χ2n) is 4.66. The lowest BCUT2D eigenvalue weighted by Crippen LogP contribution is -2.30. The molecule has 1 atom stereocenters. The third kappa shape index (κ3) is 3.95. The van der Waals surface area contributed by atoms with Crippen LogP contribution in [0.1, 0.15) is 12.5 Å². The van der Waals surface area contributed by atoms with E-state index in [1.165, 1.54) is 6.07 Å². The summed E-state index contributed by atoms with van der Waals surface area (Å²) in [6, 6.07) is 11.4.